The molecule has 2 saturated heterocycles. The maximum atomic E-state index is 12.6. The Morgan fingerprint density at radius 2 is 1.27 bits per heavy atom. The zero-order valence-corrected chi connectivity index (χ0v) is 41.6. The van der Waals surface area contributed by atoms with Gasteiger partial charge in [0.25, 0.3) is 0 Å². The first kappa shape index (κ1) is 51.9. The molecule has 14 heteroatoms. The van der Waals surface area contributed by atoms with Crippen LogP contribution in [0.1, 0.15) is 92.3 Å². The van der Waals surface area contributed by atoms with Gasteiger partial charge in [-0.3, -0.25) is 9.59 Å². The number of nitrogens with zero attached hydrogens (tertiary/aromatic N) is 3. The molecule has 2 aliphatic heterocycles. The van der Waals surface area contributed by atoms with E-state index < -0.39 is 5.97 Å². The second-order valence-electron chi connectivity index (χ2n) is 18.7. The molecular formula is C57H68N4O10. The average Bonchev–Trinajstić information content (AvgIpc) is 3.95. The number of carboxylic acid groups (broad SMARTS) is 1. The molecule has 71 heavy (non-hydrogen) atoms. The SMILES string of the molecule is CCOC(=O)C[C@H]1CCNCC1c1cccc(OCCc2nc(-c3ccccc3)oc2C)c1.Cc1oc(-c2ccccc2)nc1CCOc1cccc(C2CN(C(=O)OCC(C)C)CC[C@@H]2CC(=O)O)c1. The fourth-order valence-electron chi connectivity index (χ4n) is 9.25. The third-order valence-corrected chi connectivity index (χ3v) is 13.0. The van der Waals surface area contributed by atoms with E-state index in [9.17, 15) is 19.5 Å². The largest absolute Gasteiger partial charge is 0.493 e. The van der Waals surface area contributed by atoms with Gasteiger partial charge in [0, 0.05) is 62.4 Å². The molecule has 1 amide bonds. The fraction of sp³-hybridized carbons (Fsp3) is 0.421. The molecule has 4 aromatic carbocycles. The van der Waals surface area contributed by atoms with E-state index in [0.29, 0.717) is 82.7 Å². The molecule has 2 aromatic heterocycles. The number of amides is 1. The standard InChI is InChI=1S/C30H36N2O6.C27H32N2O4/c1-20(2)19-37-30(35)32-14-12-24(17-28(33)34)26(18-32)23-10-7-11-25(16-23)36-15-13-27-21(3)38-29(31-27)22-8-5-4-6-9-22;1-3-31-26(30)17-22-12-14-28-18-24(22)21-10-7-11-23(16-21)32-15-13-25-19(2)33-27(29-25)20-8-5-4-6-9-20/h4-11,16,20,24,26H,12-15,17-19H2,1-3H3,(H,33,34);4-11,16,22,24,28H,3,12-15,17-18H2,1-2H3/t24-,26?;22-,24?/m11/s1. The van der Waals surface area contributed by atoms with Crippen molar-refractivity contribution in [3.63, 3.8) is 0 Å². The normalized spacial score (nSPS) is 17.7. The number of likely N-dealkylation sites (tertiary alicyclic amines) is 1. The third kappa shape index (κ3) is 15.0. The van der Waals surface area contributed by atoms with Gasteiger partial charge >= 0.3 is 18.0 Å². The molecular weight excluding hydrogens is 901 g/mol. The summed E-state index contributed by atoms with van der Waals surface area (Å²) in [4.78, 5) is 47.2. The summed E-state index contributed by atoms with van der Waals surface area (Å²) >= 11 is 0. The number of ether oxygens (including phenoxy) is 4. The number of carbonyl (C=O) groups excluding carboxylic acids is 2. The summed E-state index contributed by atoms with van der Waals surface area (Å²) in [5.74, 6) is 3.99. The van der Waals surface area contributed by atoms with Crippen LogP contribution in [0.4, 0.5) is 4.79 Å². The van der Waals surface area contributed by atoms with Gasteiger partial charge in [-0.1, -0.05) is 74.5 Å². The first-order valence-corrected chi connectivity index (χ1v) is 24.9. The summed E-state index contributed by atoms with van der Waals surface area (Å²) in [6, 6.07) is 35.6. The minimum Gasteiger partial charge on any atom is -0.493 e. The smallest absolute Gasteiger partial charge is 0.409 e. The number of nitrogens with one attached hydrogen (secondary N) is 1. The lowest BCUT2D eigenvalue weighted by Gasteiger charge is -2.38. The van der Waals surface area contributed by atoms with Gasteiger partial charge in [0.15, 0.2) is 0 Å². The molecule has 0 aliphatic carbocycles. The van der Waals surface area contributed by atoms with Gasteiger partial charge in [-0.2, -0.15) is 0 Å². The van der Waals surface area contributed by atoms with Crippen molar-refractivity contribution in [1.29, 1.82) is 0 Å². The number of aromatic nitrogens is 2. The van der Waals surface area contributed by atoms with Crippen molar-refractivity contribution < 1.29 is 47.3 Å². The zero-order valence-electron chi connectivity index (χ0n) is 41.6. The number of oxazole rings is 2. The Morgan fingerprint density at radius 1 is 0.718 bits per heavy atom. The number of piperidine rings is 2. The lowest BCUT2D eigenvalue weighted by atomic mass is 9.79. The Balaban J connectivity index is 0.000000211. The monoisotopic (exact) mass is 968 g/mol. The topological polar surface area (TPSA) is 176 Å². The zero-order chi connectivity index (χ0) is 50.1. The van der Waals surface area contributed by atoms with Crippen molar-refractivity contribution in [2.24, 2.45) is 17.8 Å². The number of hydrogen-bond donors (Lipinski definition) is 2. The average molecular weight is 969 g/mol. The highest BCUT2D eigenvalue weighted by Gasteiger charge is 2.35. The fourth-order valence-corrected chi connectivity index (χ4v) is 9.25. The van der Waals surface area contributed by atoms with Crippen molar-refractivity contribution in [2.45, 2.75) is 85.0 Å². The van der Waals surface area contributed by atoms with Crippen LogP contribution in [-0.4, -0.2) is 90.6 Å². The Hall–Kier alpha value is -6.93. The van der Waals surface area contributed by atoms with Crippen LogP contribution >= 0.6 is 0 Å². The highest BCUT2D eigenvalue weighted by atomic mass is 16.6. The summed E-state index contributed by atoms with van der Waals surface area (Å²) in [5, 5.41) is 12.9. The van der Waals surface area contributed by atoms with Gasteiger partial charge < -0.3 is 43.1 Å². The number of benzene rings is 4. The van der Waals surface area contributed by atoms with E-state index in [1.54, 1.807) is 4.90 Å². The Labute approximate surface area is 417 Å². The molecule has 0 spiro atoms. The number of aryl methyl sites for hydroxylation is 2. The molecule has 0 saturated carbocycles. The number of carbonyl (C=O) groups is 3. The first-order valence-electron chi connectivity index (χ1n) is 24.9. The van der Waals surface area contributed by atoms with Crippen molar-refractivity contribution in [3.8, 4) is 34.4 Å². The minimum atomic E-state index is -0.832. The van der Waals surface area contributed by atoms with E-state index in [-0.39, 0.29) is 48.1 Å². The lowest BCUT2D eigenvalue weighted by Crippen LogP contribution is -2.43. The predicted octanol–water partition coefficient (Wildman–Crippen LogP) is 10.9. The Bertz CT molecular complexity index is 2630. The third-order valence-electron chi connectivity index (χ3n) is 13.0. The molecule has 2 aliphatic rings. The summed E-state index contributed by atoms with van der Waals surface area (Å²) in [6.07, 6.45) is 3.00. The van der Waals surface area contributed by atoms with E-state index in [2.05, 4.69) is 27.4 Å². The van der Waals surface area contributed by atoms with Crippen LogP contribution in [0, 0.1) is 31.6 Å². The molecule has 2 N–H and O–H groups in total. The van der Waals surface area contributed by atoms with E-state index in [1.165, 1.54) is 5.56 Å². The van der Waals surface area contributed by atoms with Crippen LogP contribution in [0.2, 0.25) is 0 Å². The number of hydrogen-bond acceptors (Lipinski definition) is 12. The molecule has 2 unspecified atom stereocenters. The Kier molecular flexibility index (Phi) is 18.9. The van der Waals surface area contributed by atoms with Crippen molar-refractivity contribution in [1.82, 2.24) is 20.2 Å². The van der Waals surface area contributed by atoms with Gasteiger partial charge in [-0.25, -0.2) is 14.8 Å². The molecule has 6 aromatic rings. The second kappa shape index (κ2) is 25.8. The van der Waals surface area contributed by atoms with Crippen LogP contribution in [0.15, 0.2) is 118 Å². The molecule has 0 radical (unpaired) electrons. The first-order chi connectivity index (χ1) is 34.4. The van der Waals surface area contributed by atoms with Gasteiger partial charge in [0.1, 0.15) is 23.0 Å². The maximum Gasteiger partial charge on any atom is 0.409 e. The molecule has 4 heterocycles. The van der Waals surface area contributed by atoms with Gasteiger partial charge in [0.05, 0.1) is 37.8 Å². The summed E-state index contributed by atoms with van der Waals surface area (Å²) in [7, 11) is 0. The van der Waals surface area contributed by atoms with Gasteiger partial charge in [-0.15, -0.1) is 0 Å². The van der Waals surface area contributed by atoms with E-state index in [0.717, 1.165) is 64.9 Å². The predicted molar refractivity (Wildman–Crippen MR) is 270 cm³/mol. The molecule has 0 bridgehead atoms. The number of rotatable bonds is 19. The summed E-state index contributed by atoms with van der Waals surface area (Å²) < 4.78 is 34.5. The molecule has 376 valence electrons. The summed E-state index contributed by atoms with van der Waals surface area (Å²) in [5.41, 5.74) is 5.82. The Morgan fingerprint density at radius 3 is 1.80 bits per heavy atom. The lowest BCUT2D eigenvalue weighted by molar-refractivity contribution is -0.144. The molecule has 8 rings (SSSR count). The highest BCUT2D eigenvalue weighted by molar-refractivity contribution is 5.70. The van der Waals surface area contributed by atoms with Crippen molar-refractivity contribution >= 4 is 18.0 Å². The van der Waals surface area contributed by atoms with Crippen molar-refractivity contribution in [3.05, 3.63) is 143 Å². The quantitative estimate of drug-likeness (QED) is 0.0734. The summed E-state index contributed by atoms with van der Waals surface area (Å²) in [6.45, 7) is 14.1. The van der Waals surface area contributed by atoms with Gasteiger partial charge in [-0.05, 0) is 123 Å². The van der Waals surface area contributed by atoms with Crippen molar-refractivity contribution in [2.75, 3.05) is 52.6 Å². The van der Waals surface area contributed by atoms with Crippen LogP contribution in [0.3, 0.4) is 0 Å². The van der Waals surface area contributed by atoms with Crippen LogP contribution in [0.5, 0.6) is 11.5 Å². The minimum absolute atomic E-state index is 0.0554. The van der Waals surface area contributed by atoms with Crippen LogP contribution in [0.25, 0.3) is 22.9 Å². The van der Waals surface area contributed by atoms with Crippen LogP contribution < -0.4 is 14.8 Å². The van der Waals surface area contributed by atoms with E-state index >= 15 is 0 Å². The second-order valence-corrected chi connectivity index (χ2v) is 18.7. The number of esters is 1. The number of aliphatic carboxylic acids is 1. The van der Waals surface area contributed by atoms with Gasteiger partial charge in [0.2, 0.25) is 11.8 Å². The van der Waals surface area contributed by atoms with E-state index in [1.807, 2.05) is 132 Å². The maximum absolute atomic E-state index is 12.6. The van der Waals surface area contributed by atoms with Crippen LogP contribution in [-0.2, 0) is 31.9 Å². The molecule has 4 atom stereocenters. The molecule has 14 nitrogen and oxygen atoms in total. The molecule has 2 fully saturated rings. The van der Waals surface area contributed by atoms with E-state index in [4.69, 9.17) is 27.8 Å². The highest BCUT2D eigenvalue weighted by Crippen LogP contribution is 2.37. The number of carboxylic acids is 1.